The van der Waals surface area contributed by atoms with Gasteiger partial charge < -0.3 is 10.1 Å². The van der Waals surface area contributed by atoms with E-state index in [1.807, 2.05) is 65.7 Å². The van der Waals surface area contributed by atoms with Gasteiger partial charge in [0.1, 0.15) is 22.8 Å². The summed E-state index contributed by atoms with van der Waals surface area (Å²) in [5.74, 6) is 1.56. The summed E-state index contributed by atoms with van der Waals surface area (Å²) in [5, 5.41) is 17.0. The molecule has 4 heterocycles. The van der Waals surface area contributed by atoms with E-state index in [0.29, 0.717) is 6.42 Å². The van der Waals surface area contributed by atoms with Crippen molar-refractivity contribution in [1.82, 2.24) is 29.5 Å². The number of imidazole rings is 1. The predicted molar refractivity (Wildman–Crippen MR) is 119 cm³/mol. The lowest BCUT2D eigenvalue weighted by Crippen LogP contribution is -2.60. The Bertz CT molecular complexity index is 1210. The Labute approximate surface area is 181 Å². The number of aromatic nitrogens is 5. The number of hydrogen-bond donors (Lipinski definition) is 1. The number of ether oxygens (including phenoxy) is 1. The van der Waals surface area contributed by atoms with Gasteiger partial charge in [-0.05, 0) is 24.3 Å². The third-order valence-corrected chi connectivity index (χ3v) is 5.42. The highest BCUT2D eigenvalue weighted by Gasteiger charge is 2.39. The minimum Gasteiger partial charge on any atom is -0.497 e. The predicted octanol–water partition coefficient (Wildman–Crippen LogP) is 3.51. The van der Waals surface area contributed by atoms with Crippen molar-refractivity contribution in [2.75, 3.05) is 20.2 Å². The van der Waals surface area contributed by atoms with Gasteiger partial charge in [-0.25, -0.2) is 9.97 Å². The molecule has 0 atom stereocenters. The zero-order valence-electron chi connectivity index (χ0n) is 17.9. The van der Waals surface area contributed by atoms with E-state index in [-0.39, 0.29) is 5.54 Å². The Kier molecular flexibility index (Phi) is 5.69. The fraction of sp³-hybridized carbons (Fsp3) is 0.304. The van der Waals surface area contributed by atoms with Crippen molar-refractivity contribution in [3.05, 3.63) is 55.1 Å². The minimum absolute atomic E-state index is 0.283. The highest BCUT2D eigenvalue weighted by Crippen LogP contribution is 2.29. The molecule has 0 spiro atoms. The van der Waals surface area contributed by atoms with E-state index < -0.39 is 0 Å². The number of fused-ring (bicyclic) bond motifs is 1. The highest BCUT2D eigenvalue weighted by molar-refractivity contribution is 5.69. The molecule has 5 rings (SSSR count). The van der Waals surface area contributed by atoms with Gasteiger partial charge in [-0.15, -0.1) is 0 Å². The summed E-state index contributed by atoms with van der Waals surface area (Å²) in [7, 11) is 1.65. The zero-order chi connectivity index (χ0) is 21.8. The largest absolute Gasteiger partial charge is 0.497 e. The van der Waals surface area contributed by atoms with Gasteiger partial charge in [0, 0.05) is 43.3 Å². The molecule has 158 valence electrons. The Balaban J connectivity index is 0.00000112. The number of rotatable bonds is 5. The second kappa shape index (κ2) is 8.58. The van der Waals surface area contributed by atoms with Crippen molar-refractivity contribution in [1.29, 1.82) is 5.26 Å². The number of nitriles is 1. The van der Waals surface area contributed by atoms with Crippen LogP contribution in [-0.4, -0.2) is 44.3 Å². The average Bonchev–Trinajstić information content (AvgIpc) is 3.47. The number of nitrogens with zero attached hydrogens (tertiary/aromatic N) is 6. The Morgan fingerprint density at radius 2 is 1.97 bits per heavy atom. The van der Waals surface area contributed by atoms with E-state index in [4.69, 9.17) is 9.72 Å². The molecule has 0 radical (unpaired) electrons. The van der Waals surface area contributed by atoms with Gasteiger partial charge in [0.05, 0.1) is 37.1 Å². The van der Waals surface area contributed by atoms with Crippen LogP contribution in [0.5, 0.6) is 5.75 Å². The highest BCUT2D eigenvalue weighted by atomic mass is 16.5. The van der Waals surface area contributed by atoms with Gasteiger partial charge in [0.15, 0.2) is 0 Å². The van der Waals surface area contributed by atoms with Crippen LogP contribution in [-0.2, 0) is 5.54 Å². The number of hydrogen-bond acceptors (Lipinski definition) is 6. The normalized spacial score (nSPS) is 14.3. The summed E-state index contributed by atoms with van der Waals surface area (Å²) in [4.78, 5) is 9.36. The average molecular weight is 416 g/mol. The lowest BCUT2D eigenvalue weighted by Gasteiger charge is -2.41. The molecule has 0 saturated carbocycles. The van der Waals surface area contributed by atoms with Crippen molar-refractivity contribution in [3.63, 3.8) is 0 Å². The molecular weight excluding hydrogens is 390 g/mol. The Hall–Kier alpha value is -3.70. The van der Waals surface area contributed by atoms with E-state index in [1.54, 1.807) is 19.5 Å². The smallest absolute Gasteiger partial charge is 0.149 e. The lowest BCUT2D eigenvalue weighted by atomic mass is 9.89. The van der Waals surface area contributed by atoms with Crippen LogP contribution in [0, 0.1) is 11.3 Å². The topological polar surface area (TPSA) is 93.1 Å². The fourth-order valence-electron chi connectivity index (χ4n) is 3.66. The molecule has 0 unspecified atom stereocenters. The molecule has 1 fully saturated rings. The van der Waals surface area contributed by atoms with Crippen LogP contribution in [0.1, 0.15) is 20.3 Å². The summed E-state index contributed by atoms with van der Waals surface area (Å²) in [6.45, 7) is 5.48. The molecular formula is C23H25N7O. The van der Waals surface area contributed by atoms with Crippen molar-refractivity contribution in [2.45, 2.75) is 25.8 Å². The third-order valence-electron chi connectivity index (χ3n) is 5.42. The van der Waals surface area contributed by atoms with E-state index >= 15 is 0 Å². The number of nitrogens with one attached hydrogen (secondary N) is 1. The molecule has 0 aliphatic carbocycles. The fourth-order valence-corrected chi connectivity index (χ4v) is 3.66. The number of benzene rings is 1. The van der Waals surface area contributed by atoms with Crippen molar-refractivity contribution < 1.29 is 4.74 Å². The van der Waals surface area contributed by atoms with Gasteiger partial charge in [0.2, 0.25) is 0 Å². The molecule has 4 aromatic rings. The summed E-state index contributed by atoms with van der Waals surface area (Å²) in [5.41, 5.74) is 3.22. The first kappa shape index (κ1) is 20.6. The molecule has 1 N–H and O–H groups in total. The first-order valence-electron chi connectivity index (χ1n) is 10.3. The molecule has 0 amide bonds. The third kappa shape index (κ3) is 3.64. The van der Waals surface area contributed by atoms with Gasteiger partial charge in [-0.2, -0.15) is 10.4 Å². The maximum atomic E-state index is 9.21. The van der Waals surface area contributed by atoms with Crippen molar-refractivity contribution in [2.24, 2.45) is 0 Å². The SMILES string of the molecule is CC.COc1ccc(-c2cc3nccn3c(-c3cnn(C4(CC#N)CNC4)c3)n2)cc1. The van der Waals surface area contributed by atoms with Crippen LogP contribution in [0.15, 0.2) is 55.1 Å². The van der Waals surface area contributed by atoms with Gasteiger partial charge in [0.25, 0.3) is 0 Å². The minimum atomic E-state index is -0.283. The quantitative estimate of drug-likeness (QED) is 0.536. The van der Waals surface area contributed by atoms with Gasteiger partial charge >= 0.3 is 0 Å². The van der Waals surface area contributed by atoms with Crippen LogP contribution < -0.4 is 10.1 Å². The monoisotopic (exact) mass is 415 g/mol. The zero-order valence-corrected chi connectivity index (χ0v) is 17.9. The second-order valence-electron chi connectivity index (χ2n) is 7.19. The van der Waals surface area contributed by atoms with E-state index in [0.717, 1.165) is 47.1 Å². The lowest BCUT2D eigenvalue weighted by molar-refractivity contribution is 0.160. The molecule has 31 heavy (non-hydrogen) atoms. The summed E-state index contributed by atoms with van der Waals surface area (Å²) in [6.07, 6.45) is 7.84. The molecule has 8 nitrogen and oxygen atoms in total. The van der Waals surface area contributed by atoms with Crippen LogP contribution in [0.3, 0.4) is 0 Å². The second-order valence-corrected chi connectivity index (χ2v) is 7.19. The molecule has 8 heteroatoms. The number of methoxy groups -OCH3 is 1. The first-order valence-corrected chi connectivity index (χ1v) is 10.3. The van der Waals surface area contributed by atoms with Crippen molar-refractivity contribution >= 4 is 5.65 Å². The molecule has 1 aromatic carbocycles. The first-order chi connectivity index (χ1) is 15.2. The summed E-state index contributed by atoms with van der Waals surface area (Å²) < 4.78 is 9.09. The van der Waals surface area contributed by atoms with Gasteiger partial charge in [-0.3, -0.25) is 9.08 Å². The molecule has 1 saturated heterocycles. The van der Waals surface area contributed by atoms with Crippen LogP contribution in [0.25, 0.3) is 28.3 Å². The Morgan fingerprint density at radius 3 is 2.61 bits per heavy atom. The molecule has 1 aliphatic rings. The molecule has 3 aromatic heterocycles. The van der Waals surface area contributed by atoms with Crippen LogP contribution in [0.2, 0.25) is 0 Å². The summed E-state index contributed by atoms with van der Waals surface area (Å²) >= 11 is 0. The van der Waals surface area contributed by atoms with Gasteiger partial charge in [-0.1, -0.05) is 13.8 Å². The maximum absolute atomic E-state index is 9.21. The summed E-state index contributed by atoms with van der Waals surface area (Å²) in [6, 6.07) is 12.0. The maximum Gasteiger partial charge on any atom is 0.149 e. The van der Waals surface area contributed by atoms with E-state index in [9.17, 15) is 5.26 Å². The van der Waals surface area contributed by atoms with E-state index in [2.05, 4.69) is 21.5 Å². The molecule has 0 bridgehead atoms. The Morgan fingerprint density at radius 1 is 1.19 bits per heavy atom. The van der Waals surface area contributed by atoms with Crippen LogP contribution >= 0.6 is 0 Å². The van der Waals surface area contributed by atoms with Crippen molar-refractivity contribution in [3.8, 4) is 34.5 Å². The standard InChI is InChI=1S/C21H19N7O.C2H6/c1-29-17-4-2-15(3-5-17)18-10-19-24-8-9-27(19)20(26-18)16-11-25-28(12-16)21(6-7-22)13-23-14-21;1-2/h2-5,8-12,23H,6,13-14H2,1H3;1-2H3. The van der Waals surface area contributed by atoms with E-state index in [1.165, 1.54) is 0 Å². The molecule has 1 aliphatic heterocycles. The van der Waals surface area contributed by atoms with Crippen LogP contribution in [0.4, 0.5) is 0 Å².